The van der Waals surface area contributed by atoms with Gasteiger partial charge >= 0.3 is 0 Å². The van der Waals surface area contributed by atoms with Crippen LogP contribution in [0.5, 0.6) is 0 Å². The lowest BCUT2D eigenvalue weighted by Crippen LogP contribution is -2.01. The zero-order valence-corrected chi connectivity index (χ0v) is 5.39. The summed E-state index contributed by atoms with van der Waals surface area (Å²) in [7, 11) is 1.75. The van der Waals surface area contributed by atoms with E-state index in [0.29, 0.717) is 0 Å². The predicted molar refractivity (Wildman–Crippen MR) is 37.2 cm³/mol. The van der Waals surface area contributed by atoms with Crippen molar-refractivity contribution in [1.82, 2.24) is 5.32 Å². The lowest BCUT2D eigenvalue weighted by atomic mass is 10.6. The predicted octanol–water partition coefficient (Wildman–Crippen LogP) is 0.810. The lowest BCUT2D eigenvalue weighted by molar-refractivity contribution is 0.921. The summed E-state index contributed by atoms with van der Waals surface area (Å²) in [5.74, 6) is 0. The minimum absolute atomic E-state index is 0.966. The van der Waals surface area contributed by atoms with E-state index < -0.39 is 0 Å². The molecule has 0 rings (SSSR count). The molecule has 0 amide bonds. The molecule has 0 saturated heterocycles. The van der Waals surface area contributed by atoms with Crippen molar-refractivity contribution in [2.45, 2.75) is 6.92 Å². The maximum atomic E-state index is 3.76. The van der Waals surface area contributed by atoms with Gasteiger partial charge in [-0.2, -0.15) is 0 Å². The first-order valence-corrected chi connectivity index (χ1v) is 2.72. The molecule has 0 bridgehead atoms. The number of nitrogens with zero attached hydrogens (tertiary/aromatic N) is 1. The van der Waals surface area contributed by atoms with Crippen molar-refractivity contribution in [3.63, 3.8) is 0 Å². The summed E-state index contributed by atoms with van der Waals surface area (Å²) in [6.07, 6.45) is 5.47. The van der Waals surface area contributed by atoms with Crippen LogP contribution in [0.3, 0.4) is 0 Å². The quantitative estimate of drug-likeness (QED) is 0.537. The van der Waals surface area contributed by atoms with E-state index in [1.54, 1.807) is 13.3 Å². The zero-order chi connectivity index (χ0) is 6.24. The Bertz CT molecular complexity index is 84.5. The second kappa shape index (κ2) is 6.21. The van der Waals surface area contributed by atoms with Crippen LogP contribution >= 0.6 is 0 Å². The van der Waals surface area contributed by atoms with Gasteiger partial charge in [-0.25, -0.2) is 0 Å². The van der Waals surface area contributed by atoms with Gasteiger partial charge in [-0.05, 0) is 19.2 Å². The molecule has 0 fully saturated rings. The van der Waals surface area contributed by atoms with Crippen molar-refractivity contribution in [3.05, 3.63) is 12.3 Å². The van der Waals surface area contributed by atoms with Crippen LogP contribution < -0.4 is 5.32 Å². The molecule has 0 unspecified atom stereocenters. The van der Waals surface area contributed by atoms with Gasteiger partial charge in [-0.15, -0.1) is 0 Å². The van der Waals surface area contributed by atoms with E-state index in [4.69, 9.17) is 0 Å². The summed E-state index contributed by atoms with van der Waals surface area (Å²) in [4.78, 5) is 3.76. The van der Waals surface area contributed by atoms with Crippen LogP contribution in [0.15, 0.2) is 17.3 Å². The first-order valence-electron chi connectivity index (χ1n) is 2.72. The average molecular weight is 112 g/mol. The van der Waals surface area contributed by atoms with Gasteiger partial charge in [-0.1, -0.05) is 0 Å². The van der Waals surface area contributed by atoms with Gasteiger partial charge in [0.25, 0.3) is 0 Å². The second-order valence-corrected chi connectivity index (χ2v) is 1.32. The van der Waals surface area contributed by atoms with Crippen molar-refractivity contribution in [2.75, 3.05) is 13.6 Å². The molecular formula is C6H12N2. The molecule has 0 aromatic carbocycles. The molecular weight excluding hydrogens is 100 g/mol. The number of nitrogens with one attached hydrogen (secondary N) is 1. The van der Waals surface area contributed by atoms with E-state index in [-0.39, 0.29) is 0 Å². The summed E-state index contributed by atoms with van der Waals surface area (Å²) in [5.41, 5.74) is 0. The Labute approximate surface area is 50.3 Å². The Morgan fingerprint density at radius 1 is 1.62 bits per heavy atom. The Hall–Kier alpha value is -0.790. The van der Waals surface area contributed by atoms with Crippen LogP contribution in [0, 0.1) is 0 Å². The minimum atomic E-state index is 0.966. The molecule has 0 heterocycles. The molecule has 2 heteroatoms. The Kier molecular flexibility index (Phi) is 5.60. The largest absolute Gasteiger partial charge is 0.391 e. The van der Waals surface area contributed by atoms with Crippen molar-refractivity contribution in [1.29, 1.82) is 0 Å². The number of allylic oxidation sites excluding steroid dienone is 1. The zero-order valence-electron chi connectivity index (χ0n) is 5.39. The second-order valence-electron chi connectivity index (χ2n) is 1.32. The van der Waals surface area contributed by atoms with E-state index in [2.05, 4.69) is 10.3 Å². The third kappa shape index (κ3) is 5.21. The van der Waals surface area contributed by atoms with Gasteiger partial charge in [0, 0.05) is 19.8 Å². The molecule has 0 aliphatic heterocycles. The summed E-state index contributed by atoms with van der Waals surface area (Å²) in [5, 5.41) is 3.01. The molecule has 0 atom stereocenters. The molecule has 0 aliphatic carbocycles. The smallest absolute Gasteiger partial charge is 0.0277 e. The molecule has 0 aliphatic rings. The highest BCUT2D eigenvalue weighted by molar-refractivity contribution is 5.70. The van der Waals surface area contributed by atoms with E-state index in [9.17, 15) is 0 Å². The molecule has 1 N–H and O–H groups in total. The molecule has 0 spiro atoms. The standard InChI is InChI=1S/C6H12N2/c1-3-8-6-4-5-7-2/h4-6,8H,3H2,1-2H3. The normalized spacial score (nSPS) is 11.2. The van der Waals surface area contributed by atoms with Crippen LogP contribution in [0.25, 0.3) is 0 Å². The highest BCUT2D eigenvalue weighted by Crippen LogP contribution is 1.61. The summed E-state index contributed by atoms with van der Waals surface area (Å²) in [6, 6.07) is 0. The number of rotatable bonds is 3. The third-order valence-corrected chi connectivity index (χ3v) is 0.653. The van der Waals surface area contributed by atoms with Gasteiger partial charge in [0.05, 0.1) is 0 Å². The first-order chi connectivity index (χ1) is 3.91. The lowest BCUT2D eigenvalue weighted by Gasteiger charge is -1.86. The fraction of sp³-hybridized carbons (Fsp3) is 0.500. The molecule has 8 heavy (non-hydrogen) atoms. The molecule has 0 radical (unpaired) electrons. The molecule has 0 saturated carbocycles. The highest BCUT2D eigenvalue weighted by atomic mass is 14.8. The van der Waals surface area contributed by atoms with Gasteiger partial charge in [0.2, 0.25) is 0 Å². The molecule has 0 aromatic heterocycles. The van der Waals surface area contributed by atoms with Crippen molar-refractivity contribution in [2.24, 2.45) is 4.99 Å². The fourth-order valence-electron chi connectivity index (χ4n) is 0.315. The number of hydrogen-bond donors (Lipinski definition) is 1. The first kappa shape index (κ1) is 7.21. The van der Waals surface area contributed by atoms with Crippen LogP contribution in [-0.4, -0.2) is 19.8 Å². The maximum absolute atomic E-state index is 3.76. The Balaban J connectivity index is 3.07. The van der Waals surface area contributed by atoms with Crippen molar-refractivity contribution < 1.29 is 0 Å². The average Bonchev–Trinajstić information content (AvgIpc) is 1.81. The van der Waals surface area contributed by atoms with Gasteiger partial charge in [0.15, 0.2) is 0 Å². The minimum Gasteiger partial charge on any atom is -0.391 e. The van der Waals surface area contributed by atoms with E-state index in [0.717, 1.165) is 6.54 Å². The topological polar surface area (TPSA) is 24.4 Å². The van der Waals surface area contributed by atoms with E-state index in [1.165, 1.54) is 0 Å². The fourth-order valence-corrected chi connectivity index (χ4v) is 0.315. The van der Waals surface area contributed by atoms with E-state index in [1.807, 2.05) is 19.2 Å². The third-order valence-electron chi connectivity index (χ3n) is 0.653. The van der Waals surface area contributed by atoms with Crippen LogP contribution in [-0.2, 0) is 0 Å². The van der Waals surface area contributed by atoms with E-state index >= 15 is 0 Å². The maximum Gasteiger partial charge on any atom is 0.0277 e. The molecule has 2 nitrogen and oxygen atoms in total. The molecule has 0 aromatic rings. The highest BCUT2D eigenvalue weighted by Gasteiger charge is 1.62. The van der Waals surface area contributed by atoms with Crippen LogP contribution in [0.4, 0.5) is 0 Å². The van der Waals surface area contributed by atoms with Crippen molar-refractivity contribution in [3.8, 4) is 0 Å². The monoisotopic (exact) mass is 112 g/mol. The summed E-state index contributed by atoms with van der Waals surface area (Å²) < 4.78 is 0. The summed E-state index contributed by atoms with van der Waals surface area (Å²) >= 11 is 0. The number of hydrogen-bond acceptors (Lipinski definition) is 2. The van der Waals surface area contributed by atoms with Crippen LogP contribution in [0.1, 0.15) is 6.92 Å². The Morgan fingerprint density at radius 3 is 2.88 bits per heavy atom. The Morgan fingerprint density at radius 2 is 2.38 bits per heavy atom. The van der Waals surface area contributed by atoms with Crippen LogP contribution in [0.2, 0.25) is 0 Å². The molecule has 46 valence electrons. The van der Waals surface area contributed by atoms with Gasteiger partial charge in [-0.3, -0.25) is 4.99 Å². The summed E-state index contributed by atoms with van der Waals surface area (Å²) in [6.45, 7) is 3.02. The SMILES string of the molecule is CCNC=CC=NC. The number of aliphatic imine (C=N–C) groups is 1. The van der Waals surface area contributed by atoms with Gasteiger partial charge < -0.3 is 5.32 Å². The van der Waals surface area contributed by atoms with Crippen molar-refractivity contribution >= 4 is 6.21 Å². The van der Waals surface area contributed by atoms with Gasteiger partial charge in [0.1, 0.15) is 0 Å².